The molecule has 3 N–H and O–H groups in total. The zero-order valence-corrected chi connectivity index (χ0v) is 9.05. The summed E-state index contributed by atoms with van der Waals surface area (Å²) in [4.78, 5) is 0. The van der Waals surface area contributed by atoms with E-state index in [-0.39, 0.29) is 12.6 Å². The topological polar surface area (TPSA) is 56.5 Å². The second kappa shape index (κ2) is 10.2. The van der Waals surface area contributed by atoms with E-state index in [2.05, 4.69) is 5.43 Å². The normalized spacial score (nSPS) is 13.4. The Morgan fingerprint density at radius 1 is 1.20 bits per heavy atom. The van der Waals surface area contributed by atoms with Gasteiger partial charge in [0.15, 0.2) is 0 Å². The molecule has 0 fully saturated rings. The largest absolute Gasteiger partial charge is 0.380 e. The van der Waals surface area contributed by atoms with E-state index in [1.54, 1.807) is 0 Å². The Morgan fingerprint density at radius 3 is 2.40 bits per heavy atom. The van der Waals surface area contributed by atoms with Crippen LogP contribution in [0, 0.1) is 0 Å². The van der Waals surface area contributed by atoms with Gasteiger partial charge in [-0.25, -0.2) is 8.78 Å². The summed E-state index contributed by atoms with van der Waals surface area (Å²) in [6.07, 6.45) is -0.905. The molecule has 1 atom stereocenters. The molecule has 0 bridgehead atoms. The van der Waals surface area contributed by atoms with Gasteiger partial charge in [0, 0.05) is 19.3 Å². The lowest BCUT2D eigenvalue weighted by Crippen LogP contribution is -2.39. The molecular formula is C9H20F2N2O2. The van der Waals surface area contributed by atoms with Gasteiger partial charge in [-0.05, 0) is 12.8 Å². The fourth-order valence-electron chi connectivity index (χ4n) is 0.983. The molecule has 0 aromatic rings. The van der Waals surface area contributed by atoms with Crippen molar-refractivity contribution in [2.45, 2.75) is 32.2 Å². The Morgan fingerprint density at radius 2 is 1.87 bits per heavy atom. The zero-order valence-electron chi connectivity index (χ0n) is 9.05. The molecule has 15 heavy (non-hydrogen) atoms. The average Bonchev–Trinajstić information content (AvgIpc) is 2.21. The van der Waals surface area contributed by atoms with E-state index >= 15 is 0 Å². The molecule has 6 heteroatoms. The van der Waals surface area contributed by atoms with Gasteiger partial charge in [0.2, 0.25) is 0 Å². The third-order valence-corrected chi connectivity index (χ3v) is 1.76. The van der Waals surface area contributed by atoms with Crippen LogP contribution in [0.15, 0.2) is 0 Å². The summed E-state index contributed by atoms with van der Waals surface area (Å²) in [6, 6.07) is -0.0470. The SMILES string of the molecule is CCCOCC(CCOCC(F)F)NN. The van der Waals surface area contributed by atoms with Gasteiger partial charge in [0.05, 0.1) is 6.61 Å². The fourth-order valence-corrected chi connectivity index (χ4v) is 0.983. The summed E-state index contributed by atoms with van der Waals surface area (Å²) < 4.78 is 33.4. The minimum atomic E-state index is -2.41. The molecule has 0 amide bonds. The van der Waals surface area contributed by atoms with Crippen molar-refractivity contribution in [1.82, 2.24) is 5.43 Å². The van der Waals surface area contributed by atoms with Gasteiger partial charge in [0.25, 0.3) is 6.43 Å². The monoisotopic (exact) mass is 226 g/mol. The van der Waals surface area contributed by atoms with Crippen molar-refractivity contribution in [1.29, 1.82) is 0 Å². The summed E-state index contributed by atoms with van der Waals surface area (Å²) in [5, 5.41) is 0. The van der Waals surface area contributed by atoms with Crippen molar-refractivity contribution in [2.75, 3.05) is 26.4 Å². The third kappa shape index (κ3) is 9.99. The van der Waals surface area contributed by atoms with E-state index < -0.39 is 13.0 Å². The molecule has 0 aromatic carbocycles. The van der Waals surface area contributed by atoms with Crippen LogP contribution in [0.25, 0.3) is 0 Å². The second-order valence-corrected chi connectivity index (χ2v) is 3.19. The number of nitrogens with two attached hydrogens (primary N) is 1. The van der Waals surface area contributed by atoms with Gasteiger partial charge in [-0.1, -0.05) is 6.92 Å². The summed E-state index contributed by atoms with van der Waals surface area (Å²) in [7, 11) is 0. The first-order valence-corrected chi connectivity index (χ1v) is 5.10. The standard InChI is InChI=1S/C9H20F2N2O2/c1-2-4-14-6-8(13-12)3-5-15-7-9(10)11/h8-9,13H,2-7,12H2,1H3. The summed E-state index contributed by atoms with van der Waals surface area (Å²) in [5.41, 5.74) is 2.56. The molecule has 0 aliphatic heterocycles. The highest BCUT2D eigenvalue weighted by Gasteiger charge is 2.07. The Hall–Kier alpha value is -0.300. The number of ether oxygens (including phenoxy) is 2. The molecule has 0 aliphatic carbocycles. The van der Waals surface area contributed by atoms with E-state index in [0.717, 1.165) is 6.42 Å². The quantitative estimate of drug-likeness (QED) is 0.330. The Labute approximate surface area is 89.1 Å². The highest BCUT2D eigenvalue weighted by atomic mass is 19.3. The lowest BCUT2D eigenvalue weighted by molar-refractivity contribution is 0.0104. The lowest BCUT2D eigenvalue weighted by Gasteiger charge is -2.15. The number of alkyl halides is 2. The van der Waals surface area contributed by atoms with Crippen LogP contribution < -0.4 is 11.3 Å². The lowest BCUT2D eigenvalue weighted by atomic mass is 10.2. The van der Waals surface area contributed by atoms with E-state index in [1.807, 2.05) is 6.92 Å². The molecule has 0 spiro atoms. The molecule has 92 valence electrons. The Bertz CT molecular complexity index is 139. The minimum absolute atomic E-state index is 0.0470. The second-order valence-electron chi connectivity index (χ2n) is 3.19. The molecule has 0 radical (unpaired) electrons. The number of rotatable bonds is 10. The van der Waals surface area contributed by atoms with Crippen LogP contribution in [0.3, 0.4) is 0 Å². The first-order valence-electron chi connectivity index (χ1n) is 5.10. The smallest absolute Gasteiger partial charge is 0.261 e. The van der Waals surface area contributed by atoms with Crippen LogP contribution in [-0.4, -0.2) is 38.9 Å². The Kier molecular flexibility index (Phi) is 10.0. The van der Waals surface area contributed by atoms with Crippen molar-refractivity contribution < 1.29 is 18.3 Å². The molecule has 4 nitrogen and oxygen atoms in total. The summed E-state index contributed by atoms with van der Waals surface area (Å²) in [6.45, 7) is 2.90. The minimum Gasteiger partial charge on any atom is -0.380 e. The fraction of sp³-hybridized carbons (Fsp3) is 1.00. The molecule has 0 aromatic heterocycles. The highest BCUT2D eigenvalue weighted by Crippen LogP contribution is 1.97. The molecular weight excluding hydrogens is 206 g/mol. The first kappa shape index (κ1) is 14.7. The van der Waals surface area contributed by atoms with Gasteiger partial charge in [-0.15, -0.1) is 0 Å². The summed E-state index contributed by atoms with van der Waals surface area (Å²) >= 11 is 0. The van der Waals surface area contributed by atoms with Crippen molar-refractivity contribution >= 4 is 0 Å². The number of hydrogen-bond acceptors (Lipinski definition) is 4. The molecule has 0 heterocycles. The van der Waals surface area contributed by atoms with E-state index in [9.17, 15) is 8.78 Å². The Balaban J connectivity index is 3.35. The predicted molar refractivity (Wildman–Crippen MR) is 53.7 cm³/mol. The molecule has 0 saturated carbocycles. The van der Waals surface area contributed by atoms with Crippen LogP contribution in [0.4, 0.5) is 8.78 Å². The highest BCUT2D eigenvalue weighted by molar-refractivity contribution is 4.61. The van der Waals surface area contributed by atoms with Gasteiger partial charge in [-0.3, -0.25) is 11.3 Å². The van der Waals surface area contributed by atoms with Gasteiger partial charge < -0.3 is 9.47 Å². The molecule has 0 saturated heterocycles. The predicted octanol–water partition coefficient (Wildman–Crippen LogP) is 0.917. The van der Waals surface area contributed by atoms with E-state index in [4.69, 9.17) is 15.3 Å². The first-order chi connectivity index (χ1) is 7.20. The van der Waals surface area contributed by atoms with E-state index in [1.165, 1.54) is 0 Å². The van der Waals surface area contributed by atoms with Crippen LogP contribution in [0.1, 0.15) is 19.8 Å². The van der Waals surface area contributed by atoms with Crippen molar-refractivity contribution in [2.24, 2.45) is 5.84 Å². The van der Waals surface area contributed by atoms with Crippen LogP contribution in [-0.2, 0) is 9.47 Å². The third-order valence-electron chi connectivity index (χ3n) is 1.76. The van der Waals surface area contributed by atoms with Crippen LogP contribution in [0.2, 0.25) is 0 Å². The van der Waals surface area contributed by atoms with Gasteiger partial charge in [-0.2, -0.15) is 0 Å². The number of nitrogens with one attached hydrogen (secondary N) is 1. The maximum atomic E-state index is 11.7. The van der Waals surface area contributed by atoms with Crippen molar-refractivity contribution in [3.63, 3.8) is 0 Å². The van der Waals surface area contributed by atoms with Crippen LogP contribution in [0.5, 0.6) is 0 Å². The van der Waals surface area contributed by atoms with E-state index in [0.29, 0.717) is 19.6 Å². The maximum Gasteiger partial charge on any atom is 0.261 e. The average molecular weight is 226 g/mol. The number of halogens is 2. The van der Waals surface area contributed by atoms with Crippen molar-refractivity contribution in [3.05, 3.63) is 0 Å². The van der Waals surface area contributed by atoms with Crippen LogP contribution >= 0.6 is 0 Å². The molecule has 0 rings (SSSR count). The number of hydrazine groups is 1. The summed E-state index contributed by atoms with van der Waals surface area (Å²) in [5.74, 6) is 5.26. The van der Waals surface area contributed by atoms with Gasteiger partial charge in [0.1, 0.15) is 6.61 Å². The van der Waals surface area contributed by atoms with Gasteiger partial charge >= 0.3 is 0 Å². The zero-order chi connectivity index (χ0) is 11.5. The molecule has 1 unspecified atom stereocenters. The molecule has 0 aliphatic rings. The van der Waals surface area contributed by atoms with Crippen molar-refractivity contribution in [3.8, 4) is 0 Å². The maximum absolute atomic E-state index is 11.7. The number of hydrogen-bond donors (Lipinski definition) is 2.